The Morgan fingerprint density at radius 1 is 1.42 bits per heavy atom. The van der Waals surface area contributed by atoms with Crippen LogP contribution in [0.5, 0.6) is 0 Å². The SMILES string of the molecule is Cc1c(NC(=O)CNC2CC2)cccc1S(N)(=O)=O. The van der Waals surface area contributed by atoms with Crippen molar-refractivity contribution in [1.29, 1.82) is 0 Å². The van der Waals surface area contributed by atoms with Gasteiger partial charge in [-0.05, 0) is 37.5 Å². The minimum absolute atomic E-state index is 0.0282. The highest BCUT2D eigenvalue weighted by Gasteiger charge is 2.21. The molecule has 0 saturated heterocycles. The average molecular weight is 283 g/mol. The second kappa shape index (κ2) is 5.28. The first kappa shape index (κ1) is 14.0. The molecule has 0 aliphatic heterocycles. The first-order valence-electron chi connectivity index (χ1n) is 6.03. The molecule has 104 valence electrons. The maximum atomic E-state index is 11.7. The lowest BCUT2D eigenvalue weighted by atomic mass is 10.2. The van der Waals surface area contributed by atoms with Gasteiger partial charge in [-0.25, -0.2) is 13.6 Å². The Bertz CT molecular complexity index is 594. The van der Waals surface area contributed by atoms with Crippen LogP contribution >= 0.6 is 0 Å². The largest absolute Gasteiger partial charge is 0.325 e. The molecule has 1 aliphatic rings. The molecule has 7 heteroatoms. The minimum Gasteiger partial charge on any atom is -0.325 e. The van der Waals surface area contributed by atoms with Gasteiger partial charge >= 0.3 is 0 Å². The summed E-state index contributed by atoms with van der Waals surface area (Å²) in [5.41, 5.74) is 0.916. The third-order valence-corrected chi connectivity index (χ3v) is 4.05. The molecule has 0 aromatic heterocycles. The molecule has 1 aliphatic carbocycles. The highest BCUT2D eigenvalue weighted by Crippen LogP contribution is 2.22. The van der Waals surface area contributed by atoms with Gasteiger partial charge in [0.15, 0.2) is 0 Å². The van der Waals surface area contributed by atoms with Gasteiger partial charge in [0.25, 0.3) is 0 Å². The highest BCUT2D eigenvalue weighted by atomic mass is 32.2. The summed E-state index contributed by atoms with van der Waals surface area (Å²) in [5.74, 6) is -0.193. The molecule has 0 radical (unpaired) electrons. The van der Waals surface area contributed by atoms with Crippen LogP contribution < -0.4 is 15.8 Å². The third-order valence-electron chi connectivity index (χ3n) is 2.99. The lowest BCUT2D eigenvalue weighted by Gasteiger charge is -2.11. The molecular formula is C12H17N3O3S. The smallest absolute Gasteiger partial charge is 0.238 e. The quantitative estimate of drug-likeness (QED) is 0.725. The number of anilines is 1. The predicted octanol–water partition coefficient (Wildman–Crippen LogP) is 0.333. The summed E-state index contributed by atoms with van der Waals surface area (Å²) in [6.45, 7) is 1.84. The molecule has 0 spiro atoms. The standard InChI is InChI=1S/C12H17N3O3S/c1-8-10(3-2-4-11(8)19(13,17)18)15-12(16)7-14-9-5-6-9/h2-4,9,14H,5-7H2,1H3,(H,15,16)(H2,13,17,18). The van der Waals surface area contributed by atoms with E-state index in [1.165, 1.54) is 6.07 Å². The van der Waals surface area contributed by atoms with Crippen LogP contribution in [0, 0.1) is 6.92 Å². The van der Waals surface area contributed by atoms with E-state index in [0.29, 0.717) is 17.3 Å². The van der Waals surface area contributed by atoms with Crippen LogP contribution in [-0.2, 0) is 14.8 Å². The van der Waals surface area contributed by atoms with E-state index in [9.17, 15) is 13.2 Å². The fourth-order valence-corrected chi connectivity index (χ4v) is 2.58. The monoisotopic (exact) mass is 283 g/mol. The summed E-state index contributed by atoms with van der Waals surface area (Å²) in [4.78, 5) is 11.7. The fourth-order valence-electron chi connectivity index (χ4n) is 1.78. The Balaban J connectivity index is 2.09. The number of nitrogens with two attached hydrogens (primary N) is 1. The summed E-state index contributed by atoms with van der Waals surface area (Å²) < 4.78 is 22.7. The predicted molar refractivity (Wildman–Crippen MR) is 72.2 cm³/mol. The Morgan fingerprint density at radius 3 is 2.68 bits per heavy atom. The Morgan fingerprint density at radius 2 is 2.11 bits per heavy atom. The number of primary sulfonamides is 1. The molecule has 0 bridgehead atoms. The van der Waals surface area contributed by atoms with Crippen molar-refractivity contribution in [3.8, 4) is 0 Å². The van der Waals surface area contributed by atoms with Crippen molar-refractivity contribution in [3.63, 3.8) is 0 Å². The molecule has 6 nitrogen and oxygen atoms in total. The molecule has 1 aromatic carbocycles. The van der Waals surface area contributed by atoms with Crippen LogP contribution in [0.4, 0.5) is 5.69 Å². The third kappa shape index (κ3) is 3.76. The molecule has 1 fully saturated rings. The number of carbonyl (C=O) groups is 1. The van der Waals surface area contributed by atoms with E-state index < -0.39 is 10.0 Å². The molecular weight excluding hydrogens is 266 g/mol. The van der Waals surface area contributed by atoms with E-state index in [1.54, 1.807) is 19.1 Å². The molecule has 1 saturated carbocycles. The molecule has 0 heterocycles. The number of benzene rings is 1. The topological polar surface area (TPSA) is 101 Å². The van der Waals surface area contributed by atoms with Crippen molar-refractivity contribution in [1.82, 2.24) is 5.32 Å². The summed E-state index contributed by atoms with van der Waals surface area (Å²) in [6.07, 6.45) is 2.21. The first-order valence-corrected chi connectivity index (χ1v) is 7.58. The Hall–Kier alpha value is -1.44. The molecule has 1 aromatic rings. The van der Waals surface area contributed by atoms with Crippen LogP contribution in [0.3, 0.4) is 0 Å². The van der Waals surface area contributed by atoms with Gasteiger partial charge in [-0.1, -0.05) is 6.07 Å². The molecule has 0 atom stereocenters. The van der Waals surface area contributed by atoms with Crippen molar-refractivity contribution >= 4 is 21.6 Å². The van der Waals surface area contributed by atoms with Gasteiger partial charge in [-0.3, -0.25) is 4.79 Å². The van der Waals surface area contributed by atoms with E-state index >= 15 is 0 Å². The van der Waals surface area contributed by atoms with Gasteiger partial charge in [0.2, 0.25) is 15.9 Å². The van der Waals surface area contributed by atoms with E-state index in [1.807, 2.05) is 0 Å². The lowest BCUT2D eigenvalue weighted by molar-refractivity contribution is -0.115. The van der Waals surface area contributed by atoms with Crippen molar-refractivity contribution in [2.45, 2.75) is 30.7 Å². The lowest BCUT2D eigenvalue weighted by Crippen LogP contribution is -2.29. The van der Waals surface area contributed by atoms with E-state index in [0.717, 1.165) is 12.8 Å². The minimum atomic E-state index is -3.77. The van der Waals surface area contributed by atoms with Gasteiger partial charge in [0, 0.05) is 11.7 Å². The van der Waals surface area contributed by atoms with Crippen molar-refractivity contribution in [2.24, 2.45) is 5.14 Å². The molecule has 0 unspecified atom stereocenters. The van der Waals surface area contributed by atoms with Gasteiger partial charge in [0.05, 0.1) is 11.4 Å². The second-order valence-electron chi connectivity index (χ2n) is 4.68. The number of sulfonamides is 1. The summed E-state index contributed by atoms with van der Waals surface area (Å²) >= 11 is 0. The maximum Gasteiger partial charge on any atom is 0.238 e. The number of amides is 1. The number of rotatable bonds is 5. The van der Waals surface area contributed by atoms with E-state index in [4.69, 9.17) is 5.14 Å². The zero-order chi connectivity index (χ0) is 14.0. The van der Waals surface area contributed by atoms with Crippen molar-refractivity contribution in [3.05, 3.63) is 23.8 Å². The molecule has 2 rings (SSSR count). The van der Waals surface area contributed by atoms with E-state index in [2.05, 4.69) is 10.6 Å². The molecule has 1 amide bonds. The number of hydrogen-bond donors (Lipinski definition) is 3. The second-order valence-corrected chi connectivity index (χ2v) is 6.21. The zero-order valence-corrected chi connectivity index (χ0v) is 11.5. The average Bonchev–Trinajstić information content (AvgIpc) is 3.11. The summed E-state index contributed by atoms with van der Waals surface area (Å²) in [7, 11) is -3.77. The highest BCUT2D eigenvalue weighted by molar-refractivity contribution is 7.89. The van der Waals surface area contributed by atoms with Crippen LogP contribution in [0.25, 0.3) is 0 Å². The Kier molecular flexibility index (Phi) is 3.88. The van der Waals surface area contributed by atoms with Gasteiger partial charge in [-0.2, -0.15) is 0 Å². The summed E-state index contributed by atoms with van der Waals surface area (Å²) in [5, 5.41) is 10.9. The first-order chi connectivity index (χ1) is 8.88. The maximum absolute atomic E-state index is 11.7. The van der Waals surface area contributed by atoms with Crippen molar-refractivity contribution < 1.29 is 13.2 Å². The Labute approximate surface area is 112 Å². The van der Waals surface area contributed by atoms with Gasteiger partial charge in [-0.15, -0.1) is 0 Å². The number of carbonyl (C=O) groups excluding carboxylic acids is 1. The van der Waals surface area contributed by atoms with Crippen LogP contribution in [0.2, 0.25) is 0 Å². The number of nitrogens with one attached hydrogen (secondary N) is 2. The van der Waals surface area contributed by atoms with Crippen molar-refractivity contribution in [2.75, 3.05) is 11.9 Å². The normalized spacial score (nSPS) is 15.3. The van der Waals surface area contributed by atoms with E-state index in [-0.39, 0.29) is 17.3 Å². The van der Waals surface area contributed by atoms with Crippen LogP contribution in [0.1, 0.15) is 18.4 Å². The van der Waals surface area contributed by atoms with Crippen LogP contribution in [0.15, 0.2) is 23.1 Å². The number of hydrogen-bond acceptors (Lipinski definition) is 4. The molecule has 19 heavy (non-hydrogen) atoms. The molecule has 4 N–H and O–H groups in total. The van der Waals surface area contributed by atoms with Gasteiger partial charge < -0.3 is 10.6 Å². The van der Waals surface area contributed by atoms with Gasteiger partial charge in [0.1, 0.15) is 0 Å². The zero-order valence-electron chi connectivity index (χ0n) is 10.6. The summed E-state index contributed by atoms with van der Waals surface area (Å²) in [6, 6.07) is 5.07. The fraction of sp³-hybridized carbons (Fsp3) is 0.417. The van der Waals surface area contributed by atoms with Crippen LogP contribution in [-0.4, -0.2) is 26.9 Å².